The molecule has 0 saturated carbocycles. The number of hydrogen-bond donors (Lipinski definition) is 3. The van der Waals surface area contributed by atoms with Crippen molar-refractivity contribution in [1.29, 1.82) is 0 Å². The van der Waals surface area contributed by atoms with Crippen LogP contribution < -0.4 is 15.8 Å². The first-order valence-electron chi connectivity index (χ1n) is 9.12. The molecule has 1 aromatic carbocycles. The third kappa shape index (κ3) is 7.55. The van der Waals surface area contributed by atoms with Gasteiger partial charge < -0.3 is 16.0 Å². The molecular weight excluding hydrogens is 493 g/mol. The van der Waals surface area contributed by atoms with E-state index in [-0.39, 0.29) is 47.2 Å². The number of primary amides is 1. The second-order valence-corrected chi connectivity index (χ2v) is 8.58. The lowest BCUT2D eigenvalue weighted by Crippen LogP contribution is -2.48. The van der Waals surface area contributed by atoms with Crippen molar-refractivity contribution < 1.29 is 13.2 Å². The summed E-state index contributed by atoms with van der Waals surface area (Å²) in [5, 5.41) is 3.18. The third-order valence-electron chi connectivity index (χ3n) is 4.55. The summed E-state index contributed by atoms with van der Waals surface area (Å²) in [6.07, 6.45) is 2.33. The summed E-state index contributed by atoms with van der Waals surface area (Å²) < 4.78 is 27.2. The molecule has 0 bridgehead atoms. The van der Waals surface area contributed by atoms with Crippen LogP contribution in [0, 0.1) is 12.8 Å². The van der Waals surface area contributed by atoms with E-state index in [1.165, 1.54) is 0 Å². The molecule has 2 rings (SSSR count). The molecule has 1 saturated heterocycles. The Bertz CT molecular complexity index is 768. The Balaban J connectivity index is 0.00000392. The maximum Gasteiger partial charge on any atom is 0.240 e. The van der Waals surface area contributed by atoms with Gasteiger partial charge in [-0.3, -0.25) is 9.79 Å². The van der Waals surface area contributed by atoms with Crippen molar-refractivity contribution in [3.8, 4) is 0 Å². The number of likely N-dealkylation sites (tertiary alicyclic amines) is 1. The highest BCUT2D eigenvalue weighted by atomic mass is 127. The number of aryl methyl sites for hydroxylation is 1. The molecule has 10 heteroatoms. The van der Waals surface area contributed by atoms with E-state index in [1.807, 2.05) is 6.92 Å². The van der Waals surface area contributed by atoms with Crippen LogP contribution in [0.2, 0.25) is 0 Å². The first-order chi connectivity index (χ1) is 12.8. The lowest BCUT2D eigenvalue weighted by molar-refractivity contribution is -0.119. The van der Waals surface area contributed by atoms with Crippen LogP contribution >= 0.6 is 24.0 Å². The second kappa shape index (κ2) is 11.6. The van der Waals surface area contributed by atoms with E-state index >= 15 is 0 Å². The number of aliphatic imine (C=N–C) groups is 1. The molecule has 0 aliphatic carbocycles. The Morgan fingerprint density at radius 1 is 1.29 bits per heavy atom. The molecule has 1 fully saturated rings. The van der Waals surface area contributed by atoms with Crippen LogP contribution in [-0.2, 0) is 14.8 Å². The first kappa shape index (κ1) is 24.6. The maximum absolute atomic E-state index is 12.3. The van der Waals surface area contributed by atoms with Gasteiger partial charge >= 0.3 is 0 Å². The smallest absolute Gasteiger partial charge is 0.240 e. The average molecular weight is 523 g/mol. The predicted molar refractivity (Wildman–Crippen MR) is 121 cm³/mol. The highest BCUT2D eigenvalue weighted by molar-refractivity contribution is 14.0. The summed E-state index contributed by atoms with van der Waals surface area (Å²) in [5.74, 6) is 0.656. The number of hydrogen-bond acceptors (Lipinski definition) is 4. The highest BCUT2D eigenvalue weighted by Gasteiger charge is 2.23. The number of guanidine groups is 1. The Kier molecular flexibility index (Phi) is 10.2. The van der Waals surface area contributed by atoms with Crippen molar-refractivity contribution in [1.82, 2.24) is 14.9 Å². The number of piperidine rings is 1. The van der Waals surface area contributed by atoms with Crippen LogP contribution in [0.4, 0.5) is 0 Å². The lowest BCUT2D eigenvalue weighted by atomic mass is 9.95. The van der Waals surface area contributed by atoms with E-state index in [0.717, 1.165) is 31.5 Å². The van der Waals surface area contributed by atoms with Gasteiger partial charge in [-0.25, -0.2) is 13.1 Å². The van der Waals surface area contributed by atoms with Gasteiger partial charge in [0.25, 0.3) is 0 Å². The van der Waals surface area contributed by atoms with Crippen molar-refractivity contribution >= 4 is 45.9 Å². The number of nitrogens with one attached hydrogen (secondary N) is 2. The van der Waals surface area contributed by atoms with E-state index < -0.39 is 10.0 Å². The number of carbonyl (C=O) groups is 1. The number of benzene rings is 1. The molecule has 8 nitrogen and oxygen atoms in total. The number of halogens is 1. The Hall–Kier alpha value is -1.40. The van der Waals surface area contributed by atoms with Crippen LogP contribution in [0.1, 0.15) is 24.8 Å². The van der Waals surface area contributed by atoms with Gasteiger partial charge in [0, 0.05) is 39.6 Å². The number of rotatable bonds is 7. The van der Waals surface area contributed by atoms with E-state index in [0.29, 0.717) is 18.9 Å². The Morgan fingerprint density at radius 3 is 2.57 bits per heavy atom. The lowest BCUT2D eigenvalue weighted by Gasteiger charge is -2.34. The molecule has 1 heterocycles. The van der Waals surface area contributed by atoms with Gasteiger partial charge in [0.15, 0.2) is 5.96 Å². The van der Waals surface area contributed by atoms with Gasteiger partial charge in [-0.15, -0.1) is 24.0 Å². The summed E-state index contributed by atoms with van der Waals surface area (Å²) in [6.45, 7) is 4.14. The predicted octanol–water partition coefficient (Wildman–Crippen LogP) is 1.05. The highest BCUT2D eigenvalue weighted by Crippen LogP contribution is 2.19. The molecule has 1 aromatic rings. The van der Waals surface area contributed by atoms with Gasteiger partial charge in [-0.05, 0) is 37.8 Å². The molecule has 1 aliphatic heterocycles. The van der Waals surface area contributed by atoms with Crippen molar-refractivity contribution in [2.75, 3.05) is 33.2 Å². The van der Waals surface area contributed by atoms with Crippen LogP contribution in [0.25, 0.3) is 0 Å². The zero-order chi connectivity index (χ0) is 19.9. The fourth-order valence-electron chi connectivity index (χ4n) is 3.20. The number of amides is 1. The van der Waals surface area contributed by atoms with Crippen LogP contribution in [0.15, 0.2) is 34.2 Å². The van der Waals surface area contributed by atoms with Crippen molar-refractivity contribution in [2.45, 2.75) is 31.1 Å². The SMILES string of the molecule is CN=C(NCCNS(=O)(=O)c1ccc(C)cc1)N1CCCC(CC(N)=O)C1.I. The zero-order valence-corrected chi connectivity index (χ0v) is 19.5. The van der Waals surface area contributed by atoms with Crippen molar-refractivity contribution in [3.05, 3.63) is 29.8 Å². The Morgan fingerprint density at radius 2 is 1.96 bits per heavy atom. The molecule has 1 aliphatic rings. The number of sulfonamides is 1. The van der Waals surface area contributed by atoms with E-state index in [9.17, 15) is 13.2 Å². The summed E-state index contributed by atoms with van der Waals surface area (Å²) in [6, 6.07) is 6.73. The number of carbonyl (C=O) groups excluding carboxylic acids is 1. The number of nitrogens with zero attached hydrogens (tertiary/aromatic N) is 2. The summed E-state index contributed by atoms with van der Waals surface area (Å²) in [7, 11) is -1.83. The summed E-state index contributed by atoms with van der Waals surface area (Å²) in [5.41, 5.74) is 6.31. The van der Waals surface area contributed by atoms with E-state index in [2.05, 4.69) is 19.9 Å². The third-order valence-corrected chi connectivity index (χ3v) is 6.03. The van der Waals surface area contributed by atoms with Gasteiger partial charge in [0.2, 0.25) is 15.9 Å². The average Bonchev–Trinajstić information content (AvgIpc) is 2.62. The molecule has 158 valence electrons. The molecule has 0 spiro atoms. The van der Waals surface area contributed by atoms with E-state index in [4.69, 9.17) is 5.73 Å². The van der Waals surface area contributed by atoms with Gasteiger partial charge in [0.1, 0.15) is 0 Å². The normalized spacial score (nSPS) is 17.7. The monoisotopic (exact) mass is 523 g/mol. The van der Waals surface area contributed by atoms with Crippen LogP contribution in [0.3, 0.4) is 0 Å². The minimum absolute atomic E-state index is 0. The van der Waals surface area contributed by atoms with Crippen LogP contribution in [0.5, 0.6) is 0 Å². The van der Waals surface area contributed by atoms with Crippen molar-refractivity contribution in [3.63, 3.8) is 0 Å². The topological polar surface area (TPSA) is 117 Å². The van der Waals surface area contributed by atoms with Crippen molar-refractivity contribution in [2.24, 2.45) is 16.6 Å². The fourth-order valence-corrected chi connectivity index (χ4v) is 4.23. The van der Waals surface area contributed by atoms with Gasteiger partial charge in [0.05, 0.1) is 4.90 Å². The summed E-state index contributed by atoms with van der Waals surface area (Å²) in [4.78, 5) is 17.8. The van der Waals surface area contributed by atoms with Gasteiger partial charge in [-0.1, -0.05) is 17.7 Å². The molecule has 4 N–H and O–H groups in total. The quantitative estimate of drug-likeness (QED) is 0.214. The Labute approximate surface area is 184 Å². The molecule has 28 heavy (non-hydrogen) atoms. The van der Waals surface area contributed by atoms with Gasteiger partial charge in [-0.2, -0.15) is 0 Å². The molecule has 1 atom stereocenters. The minimum Gasteiger partial charge on any atom is -0.370 e. The largest absolute Gasteiger partial charge is 0.370 e. The molecule has 1 unspecified atom stereocenters. The molecule has 0 radical (unpaired) electrons. The maximum atomic E-state index is 12.3. The standard InChI is InChI=1S/C18H29N5O3S.HI/c1-14-5-7-16(8-6-14)27(25,26)22-10-9-21-18(20-2)23-11-3-4-15(13-23)12-17(19)24;/h5-8,15,22H,3-4,9-13H2,1-2H3,(H2,19,24)(H,20,21);1H. The molecule has 0 aromatic heterocycles. The first-order valence-corrected chi connectivity index (χ1v) is 10.6. The fraction of sp³-hybridized carbons (Fsp3) is 0.556. The number of nitrogens with two attached hydrogens (primary N) is 1. The van der Waals surface area contributed by atoms with Crippen LogP contribution in [-0.4, -0.2) is 58.4 Å². The second-order valence-electron chi connectivity index (χ2n) is 6.81. The minimum atomic E-state index is -3.52. The molecular formula is C18H30IN5O3S. The summed E-state index contributed by atoms with van der Waals surface area (Å²) >= 11 is 0. The van der Waals surface area contributed by atoms with E-state index in [1.54, 1.807) is 31.3 Å². The molecule has 1 amide bonds. The zero-order valence-electron chi connectivity index (χ0n) is 16.3.